The standard InChI is InChI=1S/6C12H11N.18C2H6/c2*1-10-4-6-11(7-5-10)12-3-2-8-13-9-12;1-10-5-2-3-7-12(10)11-6-4-8-13-9-11;1-10-6-5-9-12(13-10)11-7-3-2-4-8-11;1-10-7-8-13-12(9-10)11-5-3-2-4-6-11;1-10-7-8-12(13-9-10)11-5-3-2-4-6-11;18*1-2/h6*2-9H,1H3;18*1-2H3. The largest absolute Gasteiger partial charge is 0.264 e. The first-order valence-electron chi connectivity index (χ1n) is 44.0. The summed E-state index contributed by atoms with van der Waals surface area (Å²) >= 11 is 0. The van der Waals surface area contributed by atoms with Crippen molar-refractivity contribution in [1.82, 2.24) is 29.9 Å². The van der Waals surface area contributed by atoms with Crippen molar-refractivity contribution in [1.29, 1.82) is 0 Å². The van der Waals surface area contributed by atoms with E-state index in [9.17, 15) is 0 Å². The Morgan fingerprint density at radius 1 is 0.175 bits per heavy atom. The number of pyridine rings is 6. The van der Waals surface area contributed by atoms with Gasteiger partial charge in [-0.05, 0) is 135 Å². The second-order valence-electron chi connectivity index (χ2n) is 18.5. The maximum Gasteiger partial charge on any atom is 0.0705 e. The van der Waals surface area contributed by atoms with E-state index in [0.717, 1.165) is 22.8 Å². The van der Waals surface area contributed by atoms with E-state index in [4.69, 9.17) is 0 Å². The first-order chi connectivity index (χ1) is 56.2. The Kier molecular flexibility index (Phi) is 128. The van der Waals surface area contributed by atoms with Crippen LogP contribution in [0.15, 0.2) is 292 Å². The monoisotopic (exact) mass is 1560 g/mol. The molecule has 0 atom stereocenters. The molecule has 6 heteroatoms. The second kappa shape index (κ2) is 112. The summed E-state index contributed by atoms with van der Waals surface area (Å²) in [6.45, 7) is 84.4. The Balaban J connectivity index is -0.000000101. The lowest BCUT2D eigenvalue weighted by molar-refractivity contribution is 1.21. The Morgan fingerprint density at radius 3 is 0.789 bits per heavy atom. The fourth-order valence-electron chi connectivity index (χ4n) is 7.84. The van der Waals surface area contributed by atoms with E-state index in [1.54, 1.807) is 18.6 Å². The number of nitrogens with zero attached hydrogens (tertiary/aromatic N) is 6. The van der Waals surface area contributed by atoms with Crippen LogP contribution in [-0.4, -0.2) is 29.9 Å². The zero-order chi connectivity index (χ0) is 90.6. The highest BCUT2D eigenvalue weighted by Gasteiger charge is 2.01. The molecule has 0 unspecified atom stereocenters. The second-order valence-corrected chi connectivity index (χ2v) is 18.5. The maximum atomic E-state index is 4.44. The lowest BCUT2D eigenvalue weighted by atomic mass is 10.0. The van der Waals surface area contributed by atoms with E-state index in [-0.39, 0.29) is 0 Å². The number of hydrogen-bond donors (Lipinski definition) is 0. The van der Waals surface area contributed by atoms with Crippen LogP contribution in [0.4, 0.5) is 0 Å². The van der Waals surface area contributed by atoms with E-state index >= 15 is 0 Å². The molecule has 0 saturated heterocycles. The van der Waals surface area contributed by atoms with Crippen molar-refractivity contribution in [2.24, 2.45) is 0 Å². The van der Waals surface area contributed by atoms with Crippen LogP contribution in [0.1, 0.15) is 283 Å². The van der Waals surface area contributed by atoms with Crippen LogP contribution in [0.25, 0.3) is 67.2 Å². The number of rotatable bonds is 6. The average molecular weight is 1560 g/mol. The third kappa shape index (κ3) is 69.0. The summed E-state index contributed by atoms with van der Waals surface area (Å²) in [6.07, 6.45) is 14.8. The van der Waals surface area contributed by atoms with Crippen LogP contribution in [0.2, 0.25) is 0 Å². The van der Waals surface area contributed by atoms with Gasteiger partial charge in [-0.1, -0.05) is 455 Å². The van der Waals surface area contributed by atoms with Gasteiger partial charge in [0, 0.05) is 77.5 Å². The zero-order valence-corrected chi connectivity index (χ0v) is 81.4. The SMILES string of the molecule is CC.CC.CC.CC.CC.CC.CC.CC.CC.CC.CC.CC.CC.CC.CC.CC.CC.CC.Cc1ccc(-c2ccccc2)nc1.Cc1ccc(-c2cccnc2)cc1.Cc1ccc(-c2cccnc2)cc1.Cc1cccc(-c2ccccc2)n1.Cc1ccccc1-c1cccnc1.Cc1ccnc(-c2ccccc2)c1. The normalized spacial score (nSPS) is 7.74. The third-order valence-corrected chi connectivity index (χ3v) is 12.1. The molecule has 0 saturated carbocycles. The van der Waals surface area contributed by atoms with Crippen molar-refractivity contribution in [3.05, 3.63) is 326 Å². The Bertz CT molecular complexity index is 3290. The molecule has 114 heavy (non-hydrogen) atoms. The van der Waals surface area contributed by atoms with Gasteiger partial charge in [-0.25, -0.2) is 0 Å². The van der Waals surface area contributed by atoms with Crippen LogP contribution in [0.3, 0.4) is 0 Å². The summed E-state index contributed by atoms with van der Waals surface area (Å²) in [7, 11) is 0. The fraction of sp³-hybridized carbons (Fsp3) is 0.389. The van der Waals surface area contributed by atoms with Gasteiger partial charge in [0.1, 0.15) is 0 Å². The molecule has 0 N–H and O–H groups in total. The van der Waals surface area contributed by atoms with E-state index in [0.29, 0.717) is 0 Å². The zero-order valence-electron chi connectivity index (χ0n) is 81.4. The molecule has 6 heterocycles. The predicted octanol–water partition coefficient (Wildman–Crippen LogP) is 36.8. The summed E-state index contributed by atoms with van der Waals surface area (Å²) in [6, 6.07) is 82.2. The van der Waals surface area contributed by atoms with Crippen LogP contribution in [-0.2, 0) is 0 Å². The Morgan fingerprint density at radius 2 is 0.482 bits per heavy atom. The van der Waals surface area contributed by atoms with Crippen molar-refractivity contribution in [2.75, 3.05) is 0 Å². The van der Waals surface area contributed by atoms with E-state index in [1.807, 2.05) is 397 Å². The maximum absolute atomic E-state index is 4.44. The molecule has 6 aromatic heterocycles. The molecule has 0 spiro atoms. The van der Waals surface area contributed by atoms with Gasteiger partial charge in [0.15, 0.2) is 0 Å². The van der Waals surface area contributed by atoms with Gasteiger partial charge in [0.05, 0.1) is 17.1 Å². The first kappa shape index (κ1) is 131. The Labute approximate surface area is 709 Å². The summed E-state index contributed by atoms with van der Waals surface area (Å²) in [4.78, 5) is 25.4. The van der Waals surface area contributed by atoms with Crippen molar-refractivity contribution in [3.63, 3.8) is 0 Å². The summed E-state index contributed by atoms with van der Waals surface area (Å²) in [5.74, 6) is 0. The van der Waals surface area contributed by atoms with Crippen LogP contribution < -0.4 is 0 Å². The molecule has 0 radical (unpaired) electrons. The molecule has 6 aromatic carbocycles. The number of aromatic nitrogens is 6. The van der Waals surface area contributed by atoms with Gasteiger partial charge in [0.2, 0.25) is 0 Å². The smallest absolute Gasteiger partial charge is 0.0705 e. The van der Waals surface area contributed by atoms with Gasteiger partial charge in [-0.15, -0.1) is 0 Å². The fourth-order valence-corrected chi connectivity index (χ4v) is 7.84. The van der Waals surface area contributed by atoms with Crippen molar-refractivity contribution in [2.45, 2.75) is 291 Å². The van der Waals surface area contributed by atoms with Crippen LogP contribution in [0, 0.1) is 41.5 Å². The van der Waals surface area contributed by atoms with E-state index in [2.05, 4.69) is 197 Å². The average Bonchev–Trinajstić information content (AvgIpc) is 0.924. The molecule has 0 amide bonds. The summed E-state index contributed by atoms with van der Waals surface area (Å²) in [5.41, 5.74) is 21.2. The lowest BCUT2D eigenvalue weighted by Gasteiger charge is -2.03. The molecular weight excluding hydrogens is 1380 g/mol. The number of benzene rings is 6. The lowest BCUT2D eigenvalue weighted by Crippen LogP contribution is -1.84. The topological polar surface area (TPSA) is 77.3 Å². The number of hydrogen-bond acceptors (Lipinski definition) is 6. The predicted molar refractivity (Wildman–Crippen MR) is 531 cm³/mol. The molecule has 0 aliphatic heterocycles. The van der Waals surface area contributed by atoms with E-state index < -0.39 is 0 Å². The highest BCUT2D eigenvalue weighted by atomic mass is 14.7. The molecule has 0 aliphatic rings. The van der Waals surface area contributed by atoms with Gasteiger partial charge in [-0.2, -0.15) is 0 Å². The minimum absolute atomic E-state index is 1.03. The molecule has 0 bridgehead atoms. The molecule has 0 fully saturated rings. The van der Waals surface area contributed by atoms with Crippen molar-refractivity contribution in [3.8, 4) is 67.2 Å². The van der Waals surface area contributed by atoms with Gasteiger partial charge >= 0.3 is 0 Å². The van der Waals surface area contributed by atoms with Crippen molar-refractivity contribution < 1.29 is 0 Å². The summed E-state index contributed by atoms with van der Waals surface area (Å²) < 4.78 is 0. The van der Waals surface area contributed by atoms with E-state index in [1.165, 1.54) is 77.9 Å². The molecular formula is C108H174N6. The Hall–Kier alpha value is -9.78. The van der Waals surface area contributed by atoms with Gasteiger partial charge < -0.3 is 0 Å². The van der Waals surface area contributed by atoms with Crippen molar-refractivity contribution >= 4 is 0 Å². The highest BCUT2D eigenvalue weighted by Crippen LogP contribution is 2.23. The third-order valence-electron chi connectivity index (χ3n) is 12.1. The van der Waals surface area contributed by atoms with Crippen LogP contribution in [0.5, 0.6) is 0 Å². The molecule has 636 valence electrons. The van der Waals surface area contributed by atoms with Gasteiger partial charge in [-0.3, -0.25) is 29.9 Å². The minimum Gasteiger partial charge on any atom is -0.264 e. The quantitative estimate of drug-likeness (QED) is 0.165. The highest BCUT2D eigenvalue weighted by molar-refractivity contribution is 5.67. The molecule has 12 rings (SSSR count). The van der Waals surface area contributed by atoms with Crippen LogP contribution >= 0.6 is 0 Å². The molecule has 12 aromatic rings. The molecule has 6 nitrogen and oxygen atoms in total. The minimum atomic E-state index is 1.03. The molecule has 0 aliphatic carbocycles. The summed E-state index contributed by atoms with van der Waals surface area (Å²) in [5, 5.41) is 0. The number of aryl methyl sites for hydroxylation is 6. The van der Waals surface area contributed by atoms with Gasteiger partial charge in [0.25, 0.3) is 0 Å². The first-order valence-corrected chi connectivity index (χ1v) is 44.0.